The predicted molar refractivity (Wildman–Crippen MR) is 87.6 cm³/mol. The number of hydrogen-bond acceptors (Lipinski definition) is 3. The third-order valence-electron chi connectivity index (χ3n) is 4.31. The number of amides is 1. The van der Waals surface area contributed by atoms with Crippen LogP contribution in [0.2, 0.25) is 0 Å². The van der Waals surface area contributed by atoms with Crippen molar-refractivity contribution >= 4 is 17.5 Å². The summed E-state index contributed by atoms with van der Waals surface area (Å²) < 4.78 is 0. The van der Waals surface area contributed by atoms with Crippen molar-refractivity contribution in [1.29, 1.82) is 0 Å². The first-order chi connectivity index (χ1) is 10.6. The summed E-state index contributed by atoms with van der Waals surface area (Å²) >= 11 is 0. The third kappa shape index (κ3) is 8.30. The molecule has 0 aromatic rings. The average Bonchev–Trinajstić information content (AvgIpc) is 2.48. The molecule has 0 heterocycles. The van der Waals surface area contributed by atoms with E-state index in [0.717, 1.165) is 32.1 Å². The van der Waals surface area contributed by atoms with Crippen molar-refractivity contribution in [3.05, 3.63) is 0 Å². The maximum atomic E-state index is 11.8. The highest BCUT2D eigenvalue weighted by molar-refractivity contribution is 5.99. The molecular weight excluding hydrogens is 278 g/mol. The molecule has 1 N–H and O–H groups in total. The van der Waals surface area contributed by atoms with Gasteiger partial charge in [0.25, 0.3) is 0 Å². The molecule has 126 valence electrons. The van der Waals surface area contributed by atoms with Crippen molar-refractivity contribution in [2.24, 2.45) is 0 Å². The SMILES string of the molecule is CCCCCCCCCC(=O)CC(=O)N[C@H]1CCCCC1=O. The Hall–Kier alpha value is -1.19. The molecule has 1 aliphatic rings. The number of carbonyl (C=O) groups excluding carboxylic acids is 3. The summed E-state index contributed by atoms with van der Waals surface area (Å²) in [7, 11) is 0. The smallest absolute Gasteiger partial charge is 0.228 e. The molecule has 0 aliphatic heterocycles. The van der Waals surface area contributed by atoms with Gasteiger partial charge in [0.2, 0.25) is 5.91 Å². The van der Waals surface area contributed by atoms with Crippen LogP contribution in [0.1, 0.15) is 90.4 Å². The summed E-state index contributed by atoms with van der Waals surface area (Å²) in [6, 6.07) is -0.354. The van der Waals surface area contributed by atoms with Crippen LogP contribution in [0.4, 0.5) is 0 Å². The van der Waals surface area contributed by atoms with E-state index in [4.69, 9.17) is 0 Å². The number of hydrogen-bond donors (Lipinski definition) is 1. The fourth-order valence-electron chi connectivity index (χ4n) is 2.93. The number of Topliss-reactive ketones (excluding diaryl/α,β-unsaturated/α-hetero) is 2. The highest BCUT2D eigenvalue weighted by Gasteiger charge is 2.24. The largest absolute Gasteiger partial charge is 0.346 e. The molecule has 1 saturated carbocycles. The first kappa shape index (κ1) is 18.9. The van der Waals surface area contributed by atoms with Crippen LogP contribution in [0.15, 0.2) is 0 Å². The van der Waals surface area contributed by atoms with Crippen molar-refractivity contribution in [2.75, 3.05) is 0 Å². The van der Waals surface area contributed by atoms with Crippen LogP contribution in [-0.2, 0) is 14.4 Å². The Morgan fingerprint density at radius 3 is 2.41 bits per heavy atom. The van der Waals surface area contributed by atoms with Crippen LogP contribution < -0.4 is 5.32 Å². The maximum Gasteiger partial charge on any atom is 0.228 e. The molecule has 1 amide bonds. The Balaban J connectivity index is 2.06. The molecule has 1 atom stereocenters. The van der Waals surface area contributed by atoms with E-state index in [1.807, 2.05) is 0 Å². The molecule has 0 aromatic carbocycles. The standard InChI is InChI=1S/C18H31NO3/c1-2-3-4-5-6-7-8-11-15(20)14-18(22)19-16-12-9-10-13-17(16)21/h16H,2-14H2,1H3,(H,19,22)/t16-/m0/s1. The molecule has 1 fully saturated rings. The monoisotopic (exact) mass is 309 g/mol. The quantitative estimate of drug-likeness (QED) is 0.467. The van der Waals surface area contributed by atoms with Crippen molar-refractivity contribution in [3.8, 4) is 0 Å². The van der Waals surface area contributed by atoms with Crippen molar-refractivity contribution in [1.82, 2.24) is 5.32 Å². The molecule has 4 nitrogen and oxygen atoms in total. The Morgan fingerprint density at radius 1 is 1.05 bits per heavy atom. The van der Waals surface area contributed by atoms with Gasteiger partial charge in [0.05, 0.1) is 12.5 Å². The minimum absolute atomic E-state index is 0.00526. The van der Waals surface area contributed by atoms with Crippen molar-refractivity contribution in [3.63, 3.8) is 0 Å². The minimum atomic E-state index is -0.354. The van der Waals surface area contributed by atoms with E-state index in [-0.39, 0.29) is 29.9 Å². The Kier molecular flexibility index (Phi) is 9.76. The number of carbonyl (C=O) groups is 3. The van der Waals surface area contributed by atoms with Gasteiger partial charge < -0.3 is 5.32 Å². The van der Waals surface area contributed by atoms with Crippen LogP contribution in [0.3, 0.4) is 0 Å². The predicted octanol–water partition coefficient (Wildman–Crippen LogP) is 3.71. The van der Waals surface area contributed by atoms with E-state index in [2.05, 4.69) is 12.2 Å². The normalized spacial score (nSPS) is 18.2. The first-order valence-corrected chi connectivity index (χ1v) is 8.97. The van der Waals surface area contributed by atoms with Crippen molar-refractivity contribution in [2.45, 2.75) is 96.4 Å². The Labute approximate surface area is 134 Å². The zero-order chi connectivity index (χ0) is 16.2. The molecule has 4 heteroatoms. The van der Waals surface area contributed by atoms with E-state index in [9.17, 15) is 14.4 Å². The van der Waals surface area contributed by atoms with Crippen LogP contribution in [0, 0.1) is 0 Å². The fraction of sp³-hybridized carbons (Fsp3) is 0.833. The molecule has 0 saturated heterocycles. The molecule has 0 aromatic heterocycles. The van der Waals surface area contributed by atoms with E-state index in [0.29, 0.717) is 12.8 Å². The zero-order valence-corrected chi connectivity index (χ0v) is 14.0. The minimum Gasteiger partial charge on any atom is -0.346 e. The molecule has 1 rings (SSSR count). The average molecular weight is 309 g/mol. The molecule has 0 spiro atoms. The number of rotatable bonds is 11. The van der Waals surface area contributed by atoms with Crippen LogP contribution in [-0.4, -0.2) is 23.5 Å². The van der Waals surface area contributed by atoms with Gasteiger partial charge in [0.15, 0.2) is 5.78 Å². The molecule has 0 bridgehead atoms. The van der Waals surface area contributed by atoms with Gasteiger partial charge >= 0.3 is 0 Å². The van der Waals surface area contributed by atoms with Crippen LogP contribution in [0.25, 0.3) is 0 Å². The van der Waals surface area contributed by atoms with Crippen LogP contribution in [0.5, 0.6) is 0 Å². The molecule has 1 aliphatic carbocycles. The van der Waals surface area contributed by atoms with Gasteiger partial charge in [0, 0.05) is 12.8 Å². The summed E-state index contributed by atoms with van der Waals surface area (Å²) in [5.41, 5.74) is 0. The van der Waals surface area contributed by atoms with Gasteiger partial charge in [-0.2, -0.15) is 0 Å². The topological polar surface area (TPSA) is 63.2 Å². The lowest BCUT2D eigenvalue weighted by Crippen LogP contribution is -2.43. The fourth-order valence-corrected chi connectivity index (χ4v) is 2.93. The summed E-state index contributed by atoms with van der Waals surface area (Å²) in [5, 5.41) is 2.71. The number of ketones is 2. The summed E-state index contributed by atoms with van der Waals surface area (Å²) in [6.45, 7) is 2.20. The second-order valence-corrected chi connectivity index (χ2v) is 6.42. The first-order valence-electron chi connectivity index (χ1n) is 8.97. The Bertz CT molecular complexity index is 365. The zero-order valence-electron chi connectivity index (χ0n) is 14.0. The lowest BCUT2D eigenvalue weighted by atomic mass is 9.94. The van der Waals surface area contributed by atoms with Crippen molar-refractivity contribution < 1.29 is 14.4 Å². The lowest BCUT2D eigenvalue weighted by molar-refractivity contribution is -0.132. The van der Waals surface area contributed by atoms with Gasteiger partial charge in [-0.1, -0.05) is 51.9 Å². The Morgan fingerprint density at radius 2 is 1.73 bits per heavy atom. The third-order valence-corrected chi connectivity index (χ3v) is 4.31. The second kappa shape index (κ2) is 11.4. The molecule has 0 radical (unpaired) electrons. The van der Waals surface area contributed by atoms with Gasteiger partial charge in [-0.25, -0.2) is 0 Å². The van der Waals surface area contributed by atoms with E-state index in [1.54, 1.807) is 0 Å². The number of nitrogens with one attached hydrogen (secondary N) is 1. The van der Waals surface area contributed by atoms with Gasteiger partial charge in [-0.3, -0.25) is 14.4 Å². The van der Waals surface area contributed by atoms with E-state index < -0.39 is 0 Å². The van der Waals surface area contributed by atoms with Crippen LogP contribution >= 0.6 is 0 Å². The molecule has 0 unspecified atom stereocenters. The molecule has 22 heavy (non-hydrogen) atoms. The van der Waals surface area contributed by atoms with E-state index >= 15 is 0 Å². The highest BCUT2D eigenvalue weighted by Crippen LogP contribution is 2.14. The summed E-state index contributed by atoms with van der Waals surface area (Å²) in [6.07, 6.45) is 11.8. The van der Waals surface area contributed by atoms with Gasteiger partial charge in [-0.05, 0) is 19.3 Å². The number of unbranched alkanes of at least 4 members (excludes halogenated alkanes) is 6. The van der Waals surface area contributed by atoms with Gasteiger partial charge in [-0.15, -0.1) is 0 Å². The highest BCUT2D eigenvalue weighted by atomic mass is 16.2. The van der Waals surface area contributed by atoms with Gasteiger partial charge in [0.1, 0.15) is 5.78 Å². The maximum absolute atomic E-state index is 11.8. The van der Waals surface area contributed by atoms with E-state index in [1.165, 1.54) is 32.1 Å². The summed E-state index contributed by atoms with van der Waals surface area (Å²) in [5.74, 6) is -0.179. The molecular formula is C18H31NO3. The second-order valence-electron chi connectivity index (χ2n) is 6.42. The summed E-state index contributed by atoms with van der Waals surface area (Å²) in [4.78, 5) is 35.2. The lowest BCUT2D eigenvalue weighted by Gasteiger charge is -2.21.